The zero-order valence-corrected chi connectivity index (χ0v) is 10.8. The summed E-state index contributed by atoms with van der Waals surface area (Å²) >= 11 is 2.06. The van der Waals surface area contributed by atoms with Crippen LogP contribution in [-0.4, -0.2) is 39.3 Å². The van der Waals surface area contributed by atoms with Crippen LogP contribution in [0.25, 0.3) is 0 Å². The van der Waals surface area contributed by atoms with E-state index < -0.39 is 0 Å². The molecule has 0 saturated carbocycles. The van der Waals surface area contributed by atoms with Gasteiger partial charge in [-0.3, -0.25) is 5.10 Å². The van der Waals surface area contributed by atoms with Crippen LogP contribution in [0.2, 0.25) is 0 Å². The first-order valence-corrected chi connectivity index (χ1v) is 6.97. The maximum atomic E-state index is 4.12. The molecular formula is C11H20N4S. The Morgan fingerprint density at radius 2 is 2.50 bits per heavy atom. The average molecular weight is 240 g/mol. The second kappa shape index (κ2) is 5.19. The topological polar surface area (TPSA) is 53.6 Å². The predicted molar refractivity (Wildman–Crippen MR) is 67.6 cm³/mol. The Balaban J connectivity index is 1.70. The number of thioether (sulfide) groups is 1. The zero-order chi connectivity index (χ0) is 11.4. The third kappa shape index (κ3) is 3.49. The molecule has 1 fully saturated rings. The highest BCUT2D eigenvalue weighted by atomic mass is 32.2. The van der Waals surface area contributed by atoms with E-state index in [4.69, 9.17) is 0 Å². The van der Waals surface area contributed by atoms with Crippen molar-refractivity contribution < 1.29 is 0 Å². The van der Waals surface area contributed by atoms with E-state index in [1.54, 1.807) is 6.33 Å². The van der Waals surface area contributed by atoms with Crippen LogP contribution in [0.15, 0.2) is 6.33 Å². The molecule has 1 aromatic rings. The molecule has 0 bridgehead atoms. The molecule has 1 unspecified atom stereocenters. The van der Waals surface area contributed by atoms with Gasteiger partial charge in [-0.15, -0.1) is 0 Å². The van der Waals surface area contributed by atoms with Gasteiger partial charge >= 0.3 is 0 Å². The lowest BCUT2D eigenvalue weighted by atomic mass is 9.88. The second-order valence-electron chi connectivity index (χ2n) is 5.22. The summed E-state index contributed by atoms with van der Waals surface area (Å²) in [5.74, 6) is 3.49. The molecule has 0 aliphatic carbocycles. The second-order valence-corrected chi connectivity index (χ2v) is 6.25. The van der Waals surface area contributed by atoms with Crippen LogP contribution >= 0.6 is 11.8 Å². The van der Waals surface area contributed by atoms with Crippen molar-refractivity contribution in [2.75, 3.05) is 18.1 Å². The molecule has 90 valence electrons. The van der Waals surface area contributed by atoms with Gasteiger partial charge < -0.3 is 5.32 Å². The van der Waals surface area contributed by atoms with E-state index in [9.17, 15) is 0 Å². The minimum absolute atomic E-state index is 0.479. The van der Waals surface area contributed by atoms with Crippen molar-refractivity contribution in [1.82, 2.24) is 20.5 Å². The van der Waals surface area contributed by atoms with E-state index >= 15 is 0 Å². The van der Waals surface area contributed by atoms with Crippen LogP contribution in [0.1, 0.15) is 26.1 Å². The van der Waals surface area contributed by atoms with Crippen LogP contribution in [0.5, 0.6) is 0 Å². The van der Waals surface area contributed by atoms with E-state index in [-0.39, 0.29) is 0 Å². The number of nitrogens with zero attached hydrogens (tertiary/aromatic N) is 2. The number of H-pyrrole nitrogens is 1. The Morgan fingerprint density at radius 1 is 1.62 bits per heavy atom. The third-order valence-electron chi connectivity index (χ3n) is 2.87. The molecule has 1 aromatic heterocycles. The van der Waals surface area contributed by atoms with Gasteiger partial charge in [0.05, 0.1) is 0 Å². The van der Waals surface area contributed by atoms with E-state index in [0.717, 1.165) is 18.8 Å². The molecule has 2 N–H and O–H groups in total. The molecule has 4 nitrogen and oxygen atoms in total. The molecule has 1 atom stereocenters. The lowest BCUT2D eigenvalue weighted by molar-refractivity contribution is 0.319. The van der Waals surface area contributed by atoms with Gasteiger partial charge in [-0.25, -0.2) is 4.98 Å². The molecule has 0 spiro atoms. The number of aromatic nitrogens is 3. The normalized spacial score (nSPS) is 24.5. The van der Waals surface area contributed by atoms with Crippen LogP contribution in [-0.2, 0) is 6.42 Å². The molecule has 0 amide bonds. The van der Waals surface area contributed by atoms with Crippen molar-refractivity contribution in [2.24, 2.45) is 5.41 Å². The SMILES string of the molecule is CC1(C)CSCC(NCCc2ncn[nH]2)C1. The van der Waals surface area contributed by atoms with Gasteiger partial charge in [-0.05, 0) is 17.6 Å². The van der Waals surface area contributed by atoms with Crippen molar-refractivity contribution in [3.8, 4) is 0 Å². The van der Waals surface area contributed by atoms with E-state index in [1.165, 1.54) is 17.9 Å². The fourth-order valence-electron chi connectivity index (χ4n) is 2.14. The summed E-state index contributed by atoms with van der Waals surface area (Å²) in [5, 5.41) is 10.3. The number of hydrogen-bond acceptors (Lipinski definition) is 4. The summed E-state index contributed by atoms with van der Waals surface area (Å²) in [5.41, 5.74) is 0.479. The quantitative estimate of drug-likeness (QED) is 0.837. The molecule has 5 heteroatoms. The van der Waals surface area contributed by atoms with Crippen LogP contribution < -0.4 is 5.32 Å². The van der Waals surface area contributed by atoms with Crippen molar-refractivity contribution >= 4 is 11.8 Å². The Labute approximate surface area is 101 Å². The predicted octanol–water partition coefficient (Wildman–Crippen LogP) is 1.47. The first-order valence-electron chi connectivity index (χ1n) is 5.81. The van der Waals surface area contributed by atoms with Crippen molar-refractivity contribution in [3.63, 3.8) is 0 Å². The van der Waals surface area contributed by atoms with Crippen molar-refractivity contribution in [2.45, 2.75) is 32.7 Å². The number of rotatable bonds is 4. The molecular weight excluding hydrogens is 220 g/mol. The Morgan fingerprint density at radius 3 is 3.19 bits per heavy atom. The van der Waals surface area contributed by atoms with Crippen molar-refractivity contribution in [3.05, 3.63) is 12.2 Å². The summed E-state index contributed by atoms with van der Waals surface area (Å²) in [6.07, 6.45) is 3.77. The van der Waals surface area contributed by atoms with Gasteiger partial charge in [0.2, 0.25) is 0 Å². The summed E-state index contributed by atoms with van der Waals surface area (Å²) in [6.45, 7) is 5.69. The Hall–Kier alpha value is -0.550. The fraction of sp³-hybridized carbons (Fsp3) is 0.818. The maximum Gasteiger partial charge on any atom is 0.137 e. The Kier molecular flexibility index (Phi) is 3.86. The molecule has 0 aromatic carbocycles. The molecule has 1 aliphatic heterocycles. The highest BCUT2D eigenvalue weighted by Gasteiger charge is 2.27. The molecule has 1 aliphatic rings. The van der Waals surface area contributed by atoms with E-state index in [0.29, 0.717) is 11.5 Å². The highest BCUT2D eigenvalue weighted by molar-refractivity contribution is 7.99. The zero-order valence-electron chi connectivity index (χ0n) is 9.99. The number of hydrogen-bond donors (Lipinski definition) is 2. The van der Waals surface area contributed by atoms with Crippen LogP contribution in [0.3, 0.4) is 0 Å². The lowest BCUT2D eigenvalue weighted by Gasteiger charge is -2.35. The van der Waals surface area contributed by atoms with Gasteiger partial charge in [0.1, 0.15) is 12.2 Å². The van der Waals surface area contributed by atoms with Gasteiger partial charge in [0.25, 0.3) is 0 Å². The van der Waals surface area contributed by atoms with Gasteiger partial charge in [0.15, 0.2) is 0 Å². The first-order chi connectivity index (χ1) is 7.66. The molecule has 2 heterocycles. The number of aromatic amines is 1. The van der Waals surface area contributed by atoms with E-state index in [2.05, 4.69) is 46.1 Å². The van der Waals surface area contributed by atoms with Gasteiger partial charge in [-0.1, -0.05) is 13.8 Å². The van der Waals surface area contributed by atoms with Crippen molar-refractivity contribution in [1.29, 1.82) is 0 Å². The summed E-state index contributed by atoms with van der Waals surface area (Å²) in [7, 11) is 0. The summed E-state index contributed by atoms with van der Waals surface area (Å²) < 4.78 is 0. The summed E-state index contributed by atoms with van der Waals surface area (Å²) in [6, 6.07) is 0.650. The van der Waals surface area contributed by atoms with Gasteiger partial charge in [0, 0.05) is 24.8 Å². The minimum Gasteiger partial charge on any atom is -0.313 e. The smallest absolute Gasteiger partial charge is 0.137 e. The molecule has 0 radical (unpaired) electrons. The third-order valence-corrected chi connectivity index (χ3v) is 4.49. The van der Waals surface area contributed by atoms with E-state index in [1.807, 2.05) is 0 Å². The molecule has 16 heavy (non-hydrogen) atoms. The number of nitrogens with one attached hydrogen (secondary N) is 2. The van der Waals surface area contributed by atoms with Gasteiger partial charge in [-0.2, -0.15) is 16.9 Å². The minimum atomic E-state index is 0.479. The monoisotopic (exact) mass is 240 g/mol. The fourth-order valence-corrected chi connectivity index (χ4v) is 3.45. The Bertz CT molecular complexity index is 310. The average Bonchev–Trinajstić information content (AvgIpc) is 2.69. The van der Waals surface area contributed by atoms with Crippen LogP contribution in [0, 0.1) is 5.41 Å². The lowest BCUT2D eigenvalue weighted by Crippen LogP contribution is -2.41. The van der Waals surface area contributed by atoms with Crippen LogP contribution in [0.4, 0.5) is 0 Å². The molecule has 2 rings (SSSR count). The first kappa shape index (κ1) is 11.9. The molecule has 1 saturated heterocycles. The highest BCUT2D eigenvalue weighted by Crippen LogP contribution is 2.33. The largest absolute Gasteiger partial charge is 0.313 e. The maximum absolute atomic E-state index is 4.12. The summed E-state index contributed by atoms with van der Waals surface area (Å²) in [4.78, 5) is 4.12. The standard InChI is InChI=1S/C11H20N4S/c1-11(2)5-9(6-16-7-11)12-4-3-10-13-8-14-15-10/h8-9,12H,3-7H2,1-2H3,(H,13,14,15).